The number of rotatable bonds is 8. The number of hydrogen-bond donors (Lipinski definition) is 0. The first-order chi connectivity index (χ1) is 10.9. The summed E-state index contributed by atoms with van der Waals surface area (Å²) in [5, 5.41) is 0. The molecule has 132 valence electrons. The van der Waals surface area contributed by atoms with Crippen molar-refractivity contribution in [1.29, 1.82) is 0 Å². The molecule has 1 saturated heterocycles. The summed E-state index contributed by atoms with van der Waals surface area (Å²) in [5.74, 6) is -0.263. The van der Waals surface area contributed by atoms with Crippen LogP contribution < -0.4 is 0 Å². The Labute approximate surface area is 139 Å². The predicted octanol–water partition coefficient (Wildman–Crippen LogP) is 3.41. The molecule has 1 aliphatic heterocycles. The molecular formula is C18H30O5. The molecule has 0 aromatic carbocycles. The number of carbonyl (C=O) groups is 2. The Morgan fingerprint density at radius 1 is 1.26 bits per heavy atom. The number of esters is 2. The quantitative estimate of drug-likeness (QED) is 0.388. The SMILES string of the molecule is C=C(C)C(=O)OCCCCC(=O)O[C@@H]1COC(CC)CC[C@@H]1C. The maximum absolute atomic E-state index is 11.9. The van der Waals surface area contributed by atoms with Gasteiger partial charge >= 0.3 is 11.9 Å². The Morgan fingerprint density at radius 2 is 2.00 bits per heavy atom. The zero-order valence-electron chi connectivity index (χ0n) is 14.6. The van der Waals surface area contributed by atoms with Crippen molar-refractivity contribution in [2.24, 2.45) is 5.92 Å². The van der Waals surface area contributed by atoms with Gasteiger partial charge in [0.2, 0.25) is 0 Å². The lowest BCUT2D eigenvalue weighted by molar-refractivity contribution is -0.155. The van der Waals surface area contributed by atoms with Crippen molar-refractivity contribution < 1.29 is 23.8 Å². The third-order valence-electron chi connectivity index (χ3n) is 4.17. The smallest absolute Gasteiger partial charge is 0.333 e. The molecule has 0 spiro atoms. The molecule has 1 fully saturated rings. The number of unbranched alkanes of at least 4 members (excludes halogenated alkanes) is 1. The molecule has 1 unspecified atom stereocenters. The molecule has 0 N–H and O–H groups in total. The van der Waals surface area contributed by atoms with Crippen molar-refractivity contribution >= 4 is 11.9 Å². The third kappa shape index (κ3) is 7.64. The average molecular weight is 326 g/mol. The monoisotopic (exact) mass is 326 g/mol. The molecule has 0 radical (unpaired) electrons. The highest BCUT2D eigenvalue weighted by atomic mass is 16.6. The molecule has 0 amide bonds. The van der Waals surface area contributed by atoms with Crippen LogP contribution in [0.5, 0.6) is 0 Å². The lowest BCUT2D eigenvalue weighted by Gasteiger charge is -2.21. The largest absolute Gasteiger partial charge is 0.462 e. The highest BCUT2D eigenvalue weighted by Crippen LogP contribution is 2.23. The van der Waals surface area contributed by atoms with E-state index in [1.165, 1.54) is 0 Å². The third-order valence-corrected chi connectivity index (χ3v) is 4.17. The lowest BCUT2D eigenvalue weighted by atomic mass is 9.98. The van der Waals surface area contributed by atoms with E-state index in [1.807, 2.05) is 0 Å². The van der Waals surface area contributed by atoms with Crippen LogP contribution in [0, 0.1) is 5.92 Å². The summed E-state index contributed by atoms with van der Waals surface area (Å²) in [6, 6.07) is 0. The van der Waals surface area contributed by atoms with Crippen molar-refractivity contribution in [1.82, 2.24) is 0 Å². The first kappa shape index (κ1) is 19.7. The molecule has 3 atom stereocenters. The Balaban J connectivity index is 2.20. The standard InChI is InChI=1S/C18H30O5/c1-5-15-10-9-14(4)16(12-22-15)23-17(19)8-6-7-11-21-18(20)13(2)3/h14-16H,2,5-12H2,1,3-4H3/t14-,15?,16+/m0/s1. The summed E-state index contributed by atoms with van der Waals surface area (Å²) in [5.41, 5.74) is 0.386. The van der Waals surface area contributed by atoms with Gasteiger partial charge in [0.15, 0.2) is 0 Å². The molecule has 1 aliphatic rings. The van der Waals surface area contributed by atoms with Crippen LogP contribution in [-0.2, 0) is 23.8 Å². The average Bonchev–Trinajstić information content (AvgIpc) is 2.69. The van der Waals surface area contributed by atoms with Crippen LogP contribution in [-0.4, -0.2) is 37.4 Å². The molecule has 0 bridgehead atoms. The minimum absolute atomic E-state index is 0.153. The summed E-state index contributed by atoms with van der Waals surface area (Å²) in [6.45, 7) is 10.1. The van der Waals surface area contributed by atoms with E-state index < -0.39 is 0 Å². The van der Waals surface area contributed by atoms with Crippen LogP contribution in [0.1, 0.15) is 59.3 Å². The fourth-order valence-corrected chi connectivity index (χ4v) is 2.47. The molecule has 5 nitrogen and oxygen atoms in total. The van der Waals surface area contributed by atoms with Gasteiger partial charge in [-0.2, -0.15) is 0 Å². The van der Waals surface area contributed by atoms with Gasteiger partial charge in [0.25, 0.3) is 0 Å². The van der Waals surface area contributed by atoms with Crippen LogP contribution >= 0.6 is 0 Å². The Hall–Kier alpha value is -1.36. The van der Waals surface area contributed by atoms with Gasteiger partial charge in [0, 0.05) is 12.0 Å². The normalized spacial score (nSPS) is 24.6. The second-order valence-electron chi connectivity index (χ2n) is 6.32. The summed E-state index contributed by atoms with van der Waals surface area (Å²) in [4.78, 5) is 23.1. The predicted molar refractivity (Wildman–Crippen MR) is 87.9 cm³/mol. The van der Waals surface area contributed by atoms with E-state index in [9.17, 15) is 9.59 Å². The van der Waals surface area contributed by atoms with Crippen molar-refractivity contribution in [3.05, 3.63) is 12.2 Å². The van der Waals surface area contributed by atoms with E-state index in [4.69, 9.17) is 14.2 Å². The van der Waals surface area contributed by atoms with Gasteiger partial charge in [-0.05, 0) is 44.9 Å². The van der Waals surface area contributed by atoms with E-state index in [0.717, 1.165) is 19.3 Å². The van der Waals surface area contributed by atoms with Crippen LogP contribution in [0.25, 0.3) is 0 Å². The van der Waals surface area contributed by atoms with Gasteiger partial charge in [-0.25, -0.2) is 4.79 Å². The van der Waals surface area contributed by atoms with Crippen LogP contribution in [0.3, 0.4) is 0 Å². The van der Waals surface area contributed by atoms with Gasteiger partial charge in [0.05, 0.1) is 19.3 Å². The Kier molecular flexibility index (Phi) is 8.92. The van der Waals surface area contributed by atoms with Gasteiger partial charge < -0.3 is 14.2 Å². The maximum atomic E-state index is 11.9. The molecule has 0 saturated carbocycles. The van der Waals surface area contributed by atoms with E-state index >= 15 is 0 Å². The molecule has 23 heavy (non-hydrogen) atoms. The first-order valence-electron chi connectivity index (χ1n) is 8.57. The fraction of sp³-hybridized carbons (Fsp3) is 0.778. The molecule has 5 heteroatoms. The van der Waals surface area contributed by atoms with Crippen LogP contribution in [0.2, 0.25) is 0 Å². The molecule has 1 heterocycles. The number of carbonyl (C=O) groups excluding carboxylic acids is 2. The number of ether oxygens (including phenoxy) is 3. The number of hydrogen-bond acceptors (Lipinski definition) is 5. The van der Waals surface area contributed by atoms with Gasteiger partial charge in [0.1, 0.15) is 6.10 Å². The van der Waals surface area contributed by atoms with E-state index in [2.05, 4.69) is 20.4 Å². The molecule has 0 aromatic heterocycles. The highest BCUT2D eigenvalue weighted by Gasteiger charge is 2.27. The Morgan fingerprint density at radius 3 is 2.65 bits per heavy atom. The lowest BCUT2D eigenvalue weighted by Crippen LogP contribution is -2.28. The zero-order valence-corrected chi connectivity index (χ0v) is 14.6. The summed E-state index contributed by atoms with van der Waals surface area (Å²) < 4.78 is 16.3. The molecule has 0 aliphatic carbocycles. The van der Waals surface area contributed by atoms with Crippen molar-refractivity contribution in [3.63, 3.8) is 0 Å². The van der Waals surface area contributed by atoms with Crippen LogP contribution in [0.4, 0.5) is 0 Å². The zero-order chi connectivity index (χ0) is 17.2. The Bertz CT molecular complexity index is 404. The van der Waals surface area contributed by atoms with Gasteiger partial charge in [-0.15, -0.1) is 0 Å². The van der Waals surface area contributed by atoms with Crippen molar-refractivity contribution in [3.8, 4) is 0 Å². The summed E-state index contributed by atoms with van der Waals surface area (Å²) >= 11 is 0. The summed E-state index contributed by atoms with van der Waals surface area (Å²) in [7, 11) is 0. The van der Waals surface area contributed by atoms with E-state index in [0.29, 0.717) is 44.0 Å². The minimum atomic E-state index is -0.387. The van der Waals surface area contributed by atoms with Gasteiger partial charge in [-0.3, -0.25) is 4.79 Å². The van der Waals surface area contributed by atoms with Crippen molar-refractivity contribution in [2.45, 2.75) is 71.5 Å². The fourth-order valence-electron chi connectivity index (χ4n) is 2.47. The van der Waals surface area contributed by atoms with E-state index in [1.54, 1.807) is 6.92 Å². The summed E-state index contributed by atoms with van der Waals surface area (Å²) in [6.07, 6.45) is 4.79. The van der Waals surface area contributed by atoms with E-state index in [-0.39, 0.29) is 24.1 Å². The minimum Gasteiger partial charge on any atom is -0.462 e. The topological polar surface area (TPSA) is 61.8 Å². The molecular weight excluding hydrogens is 296 g/mol. The van der Waals surface area contributed by atoms with Crippen molar-refractivity contribution in [2.75, 3.05) is 13.2 Å². The highest BCUT2D eigenvalue weighted by molar-refractivity contribution is 5.86. The molecule has 1 rings (SSSR count). The van der Waals surface area contributed by atoms with Crippen LogP contribution in [0.15, 0.2) is 12.2 Å². The second kappa shape index (κ2) is 10.4. The molecule has 0 aromatic rings. The second-order valence-corrected chi connectivity index (χ2v) is 6.32. The van der Waals surface area contributed by atoms with Gasteiger partial charge in [-0.1, -0.05) is 20.4 Å². The first-order valence-corrected chi connectivity index (χ1v) is 8.57. The maximum Gasteiger partial charge on any atom is 0.333 e.